The second-order valence-corrected chi connectivity index (χ2v) is 5.45. The summed E-state index contributed by atoms with van der Waals surface area (Å²) in [6.07, 6.45) is 0. The summed E-state index contributed by atoms with van der Waals surface area (Å²) in [5, 5.41) is 0. The standard InChI is InChI=1S/C16H16O5S.Na.H/c1-6(17)11-12(7(2)18)14(9(4)20)16(22)15(10(5)21)13(11)8(3)19;;/h22H,1-5H3;;. The molecule has 0 bridgehead atoms. The zero-order chi connectivity index (χ0) is 17.4. The van der Waals surface area contributed by atoms with E-state index in [9.17, 15) is 24.0 Å². The van der Waals surface area contributed by atoms with E-state index in [2.05, 4.69) is 12.6 Å². The molecule has 0 unspecified atom stereocenters. The van der Waals surface area contributed by atoms with Crippen molar-refractivity contribution in [1.29, 1.82) is 0 Å². The normalized spacial score (nSPS) is 9.83. The SMILES string of the molecule is CC(=O)c1c(S)c(C(C)=O)c(C(C)=O)c(C(C)=O)c1C(C)=O.[NaH]. The number of hydrogen-bond acceptors (Lipinski definition) is 6. The van der Waals surface area contributed by atoms with Crippen LogP contribution in [-0.4, -0.2) is 58.5 Å². The molecule has 0 amide bonds. The molecule has 0 aliphatic carbocycles. The van der Waals surface area contributed by atoms with Gasteiger partial charge in [0.1, 0.15) is 0 Å². The van der Waals surface area contributed by atoms with Crippen LogP contribution < -0.4 is 0 Å². The van der Waals surface area contributed by atoms with E-state index in [0.717, 1.165) is 0 Å². The molecule has 0 spiro atoms. The van der Waals surface area contributed by atoms with Gasteiger partial charge in [-0.05, 0) is 34.6 Å². The van der Waals surface area contributed by atoms with Gasteiger partial charge in [0, 0.05) is 32.7 Å². The Kier molecular flexibility index (Phi) is 7.76. The predicted molar refractivity (Wildman–Crippen MR) is 90.9 cm³/mol. The van der Waals surface area contributed by atoms with E-state index >= 15 is 0 Å². The third kappa shape index (κ3) is 4.07. The number of thiol groups is 1. The summed E-state index contributed by atoms with van der Waals surface area (Å²) in [5.41, 5.74) is -0.693. The number of ketones is 5. The summed E-state index contributed by atoms with van der Waals surface area (Å²) < 4.78 is 0. The van der Waals surface area contributed by atoms with Crippen LogP contribution in [-0.2, 0) is 0 Å². The summed E-state index contributed by atoms with van der Waals surface area (Å²) in [7, 11) is 0. The van der Waals surface area contributed by atoms with E-state index < -0.39 is 28.9 Å². The average Bonchev–Trinajstić information content (AvgIpc) is 2.34. The van der Waals surface area contributed by atoms with Gasteiger partial charge in [-0.1, -0.05) is 0 Å². The molecule has 23 heavy (non-hydrogen) atoms. The summed E-state index contributed by atoms with van der Waals surface area (Å²) in [6.45, 7) is 5.99. The van der Waals surface area contributed by atoms with Crippen LogP contribution in [0.5, 0.6) is 0 Å². The second kappa shape index (κ2) is 8.15. The van der Waals surface area contributed by atoms with E-state index in [1.54, 1.807) is 0 Å². The molecule has 0 aliphatic heterocycles. The molecule has 0 aromatic heterocycles. The van der Waals surface area contributed by atoms with Gasteiger partial charge in [0.05, 0.1) is 0 Å². The minimum absolute atomic E-state index is 0. The first-order valence-corrected chi connectivity index (χ1v) is 6.94. The van der Waals surface area contributed by atoms with Crippen LogP contribution in [0.15, 0.2) is 4.90 Å². The Morgan fingerprint density at radius 1 is 0.522 bits per heavy atom. The fourth-order valence-electron chi connectivity index (χ4n) is 2.48. The van der Waals surface area contributed by atoms with Crippen LogP contribution in [0.1, 0.15) is 86.4 Å². The van der Waals surface area contributed by atoms with Gasteiger partial charge in [-0.25, -0.2) is 0 Å². The Morgan fingerprint density at radius 3 is 0.870 bits per heavy atom. The Labute approximate surface area is 161 Å². The Balaban J connectivity index is 0.00000484. The first-order chi connectivity index (χ1) is 10.0. The van der Waals surface area contributed by atoms with Crippen LogP contribution >= 0.6 is 12.6 Å². The van der Waals surface area contributed by atoms with Gasteiger partial charge >= 0.3 is 29.6 Å². The maximum absolute atomic E-state index is 12.0. The van der Waals surface area contributed by atoms with Crippen molar-refractivity contribution in [3.8, 4) is 0 Å². The molecular weight excluding hydrogens is 327 g/mol. The Hall–Kier alpha value is -1.08. The number of hydrogen-bond donors (Lipinski definition) is 1. The Morgan fingerprint density at radius 2 is 0.696 bits per heavy atom. The number of rotatable bonds is 5. The van der Waals surface area contributed by atoms with Crippen molar-refractivity contribution in [2.45, 2.75) is 39.5 Å². The van der Waals surface area contributed by atoms with E-state index in [1.165, 1.54) is 34.6 Å². The van der Waals surface area contributed by atoms with E-state index in [-0.39, 0.29) is 62.3 Å². The van der Waals surface area contributed by atoms with Crippen LogP contribution in [0.25, 0.3) is 0 Å². The van der Waals surface area contributed by atoms with Gasteiger partial charge in [-0.2, -0.15) is 0 Å². The van der Waals surface area contributed by atoms with Gasteiger partial charge in [0.15, 0.2) is 28.9 Å². The average molecular weight is 344 g/mol. The summed E-state index contributed by atoms with van der Waals surface area (Å²) in [6, 6.07) is 0. The Bertz CT molecular complexity index is 696. The van der Waals surface area contributed by atoms with Gasteiger partial charge < -0.3 is 0 Å². The molecule has 0 fully saturated rings. The molecule has 0 atom stereocenters. The number of benzene rings is 1. The van der Waals surface area contributed by atoms with Crippen molar-refractivity contribution in [2.24, 2.45) is 0 Å². The minimum atomic E-state index is -0.561. The zero-order valence-corrected chi connectivity index (χ0v) is 13.9. The molecule has 7 heteroatoms. The molecule has 0 heterocycles. The molecule has 1 aromatic rings. The van der Waals surface area contributed by atoms with Gasteiger partial charge in [-0.15, -0.1) is 12.6 Å². The zero-order valence-electron chi connectivity index (χ0n) is 13.0. The molecule has 0 radical (unpaired) electrons. The van der Waals surface area contributed by atoms with Gasteiger partial charge in [0.2, 0.25) is 0 Å². The fraction of sp³-hybridized carbons (Fsp3) is 0.312. The molecule has 0 saturated heterocycles. The first kappa shape index (κ1) is 21.9. The van der Waals surface area contributed by atoms with Crippen LogP contribution in [0.2, 0.25) is 0 Å². The first-order valence-electron chi connectivity index (χ1n) is 6.49. The molecule has 0 N–H and O–H groups in total. The third-order valence-corrected chi connectivity index (χ3v) is 3.68. The van der Waals surface area contributed by atoms with E-state index in [0.29, 0.717) is 0 Å². The molecular formula is C16H17NaO5S. The second-order valence-electron chi connectivity index (χ2n) is 5.00. The molecule has 1 rings (SSSR count). The van der Waals surface area contributed by atoms with E-state index in [4.69, 9.17) is 0 Å². The number of Topliss-reactive ketones (excluding diaryl/α,β-unsaturated/α-hetero) is 5. The van der Waals surface area contributed by atoms with E-state index in [1.807, 2.05) is 0 Å². The van der Waals surface area contributed by atoms with Crippen molar-refractivity contribution in [2.75, 3.05) is 0 Å². The van der Waals surface area contributed by atoms with Crippen molar-refractivity contribution in [3.63, 3.8) is 0 Å². The monoisotopic (exact) mass is 344 g/mol. The van der Waals surface area contributed by atoms with Crippen molar-refractivity contribution >= 4 is 71.1 Å². The summed E-state index contributed by atoms with van der Waals surface area (Å²) >= 11 is 4.18. The molecule has 0 aliphatic rings. The van der Waals surface area contributed by atoms with Crippen molar-refractivity contribution in [3.05, 3.63) is 27.8 Å². The van der Waals surface area contributed by atoms with Gasteiger partial charge in [-0.3, -0.25) is 24.0 Å². The fourth-order valence-corrected chi connectivity index (χ4v) is 3.02. The van der Waals surface area contributed by atoms with Crippen molar-refractivity contribution in [1.82, 2.24) is 0 Å². The number of carbonyl (C=O) groups is 5. The quantitative estimate of drug-likeness (QED) is 0.503. The van der Waals surface area contributed by atoms with Crippen LogP contribution in [0, 0.1) is 0 Å². The predicted octanol–water partition coefficient (Wildman–Crippen LogP) is 2.34. The molecule has 0 saturated carbocycles. The van der Waals surface area contributed by atoms with Crippen molar-refractivity contribution < 1.29 is 24.0 Å². The topological polar surface area (TPSA) is 85.3 Å². The van der Waals surface area contributed by atoms with Crippen LogP contribution in [0.3, 0.4) is 0 Å². The third-order valence-electron chi connectivity index (χ3n) is 3.23. The molecule has 118 valence electrons. The number of carbonyl (C=O) groups excluding carboxylic acids is 5. The molecule has 5 nitrogen and oxygen atoms in total. The van der Waals surface area contributed by atoms with Gasteiger partial charge in [0.25, 0.3) is 0 Å². The molecule has 1 aromatic carbocycles. The summed E-state index contributed by atoms with van der Waals surface area (Å²) in [5.74, 6) is -2.65. The maximum atomic E-state index is 12.0. The van der Waals surface area contributed by atoms with Crippen LogP contribution in [0.4, 0.5) is 0 Å². The summed E-state index contributed by atoms with van der Waals surface area (Å²) in [4.78, 5) is 59.7.